The van der Waals surface area contributed by atoms with Gasteiger partial charge in [-0.25, -0.2) is 0 Å². The van der Waals surface area contributed by atoms with Crippen LogP contribution in [-0.2, 0) is 0 Å². The molecule has 1 aliphatic carbocycles. The SMILES string of the molecule is Cc1cccc(NC(=S)NC2CCCCCC2)c1C. The number of thiocarbonyl (C=S) groups is 1. The third-order valence-electron chi connectivity index (χ3n) is 4.04. The molecule has 1 aromatic rings. The van der Waals surface area contributed by atoms with Crippen LogP contribution in [0.15, 0.2) is 18.2 Å². The highest BCUT2D eigenvalue weighted by Gasteiger charge is 2.13. The monoisotopic (exact) mass is 276 g/mol. The van der Waals surface area contributed by atoms with Gasteiger partial charge in [0.25, 0.3) is 0 Å². The molecule has 0 amide bonds. The third-order valence-corrected chi connectivity index (χ3v) is 4.26. The quantitative estimate of drug-likeness (QED) is 0.621. The standard InChI is InChI=1S/C16H24N2S/c1-12-8-7-11-15(13(12)2)18-16(19)17-14-9-5-3-4-6-10-14/h7-8,11,14H,3-6,9-10H2,1-2H3,(H2,17,18,19). The molecule has 0 spiro atoms. The Kier molecular flexibility index (Phi) is 5.20. The van der Waals surface area contributed by atoms with Gasteiger partial charge in [-0.2, -0.15) is 0 Å². The van der Waals surface area contributed by atoms with Crippen molar-refractivity contribution in [2.75, 3.05) is 5.32 Å². The van der Waals surface area contributed by atoms with Crippen molar-refractivity contribution in [3.63, 3.8) is 0 Å². The largest absolute Gasteiger partial charge is 0.360 e. The van der Waals surface area contributed by atoms with Gasteiger partial charge in [-0.15, -0.1) is 0 Å². The van der Waals surface area contributed by atoms with Gasteiger partial charge in [-0.3, -0.25) is 0 Å². The number of nitrogens with one attached hydrogen (secondary N) is 2. The molecule has 2 N–H and O–H groups in total. The Morgan fingerprint density at radius 1 is 1.11 bits per heavy atom. The number of aryl methyl sites for hydroxylation is 1. The van der Waals surface area contributed by atoms with Crippen molar-refractivity contribution in [2.45, 2.75) is 58.4 Å². The molecule has 104 valence electrons. The lowest BCUT2D eigenvalue weighted by Gasteiger charge is -2.20. The predicted octanol–water partition coefficient (Wildman–Crippen LogP) is 4.31. The van der Waals surface area contributed by atoms with Crippen molar-refractivity contribution in [2.24, 2.45) is 0 Å². The van der Waals surface area contributed by atoms with Crippen LogP contribution in [0.5, 0.6) is 0 Å². The molecular formula is C16H24N2S. The Labute approximate surface area is 122 Å². The van der Waals surface area contributed by atoms with E-state index in [-0.39, 0.29) is 0 Å². The van der Waals surface area contributed by atoms with Crippen LogP contribution in [0.3, 0.4) is 0 Å². The van der Waals surface area contributed by atoms with Gasteiger partial charge in [0.15, 0.2) is 5.11 Å². The normalized spacial score (nSPS) is 16.7. The number of anilines is 1. The summed E-state index contributed by atoms with van der Waals surface area (Å²) in [5.74, 6) is 0. The van der Waals surface area contributed by atoms with E-state index in [4.69, 9.17) is 12.2 Å². The van der Waals surface area contributed by atoms with E-state index >= 15 is 0 Å². The Morgan fingerprint density at radius 3 is 2.47 bits per heavy atom. The molecule has 0 aromatic heterocycles. The lowest BCUT2D eigenvalue weighted by Crippen LogP contribution is -2.37. The van der Waals surface area contributed by atoms with Crippen LogP contribution in [0.2, 0.25) is 0 Å². The average molecular weight is 276 g/mol. The second-order valence-electron chi connectivity index (χ2n) is 5.53. The number of hydrogen-bond donors (Lipinski definition) is 2. The minimum Gasteiger partial charge on any atom is -0.360 e. The second-order valence-corrected chi connectivity index (χ2v) is 5.94. The lowest BCUT2D eigenvalue weighted by molar-refractivity contribution is 0.535. The molecule has 1 saturated carbocycles. The molecule has 1 aromatic carbocycles. The summed E-state index contributed by atoms with van der Waals surface area (Å²) in [6.45, 7) is 4.26. The molecule has 3 heteroatoms. The summed E-state index contributed by atoms with van der Waals surface area (Å²) in [4.78, 5) is 0. The Morgan fingerprint density at radius 2 is 1.79 bits per heavy atom. The number of rotatable bonds is 2. The summed E-state index contributed by atoms with van der Waals surface area (Å²) in [7, 11) is 0. The van der Waals surface area contributed by atoms with Gasteiger partial charge in [0, 0.05) is 11.7 Å². The van der Waals surface area contributed by atoms with Crippen molar-refractivity contribution in [3.05, 3.63) is 29.3 Å². The van der Waals surface area contributed by atoms with Crippen molar-refractivity contribution in [1.29, 1.82) is 0 Å². The maximum absolute atomic E-state index is 5.44. The van der Waals surface area contributed by atoms with Crippen molar-refractivity contribution in [3.8, 4) is 0 Å². The van der Waals surface area contributed by atoms with E-state index in [2.05, 4.69) is 42.7 Å². The summed E-state index contributed by atoms with van der Waals surface area (Å²) in [5.41, 5.74) is 3.68. The zero-order valence-electron chi connectivity index (χ0n) is 12.0. The molecule has 0 atom stereocenters. The van der Waals surface area contributed by atoms with Crippen LogP contribution < -0.4 is 10.6 Å². The Balaban J connectivity index is 1.91. The van der Waals surface area contributed by atoms with E-state index in [1.807, 2.05) is 0 Å². The third kappa shape index (κ3) is 4.20. The molecule has 2 nitrogen and oxygen atoms in total. The van der Waals surface area contributed by atoms with Crippen LogP contribution in [0.4, 0.5) is 5.69 Å². The molecule has 0 aliphatic heterocycles. The highest BCUT2D eigenvalue weighted by atomic mass is 32.1. The molecule has 2 rings (SSSR count). The maximum Gasteiger partial charge on any atom is 0.171 e. The summed E-state index contributed by atoms with van der Waals surface area (Å²) >= 11 is 5.44. The first-order valence-electron chi connectivity index (χ1n) is 7.30. The van der Waals surface area contributed by atoms with Gasteiger partial charge in [-0.05, 0) is 56.1 Å². The van der Waals surface area contributed by atoms with Crippen molar-refractivity contribution >= 4 is 23.0 Å². The fourth-order valence-electron chi connectivity index (χ4n) is 2.65. The van der Waals surface area contributed by atoms with Gasteiger partial charge < -0.3 is 10.6 Å². The van der Waals surface area contributed by atoms with Crippen LogP contribution in [0.25, 0.3) is 0 Å². The van der Waals surface area contributed by atoms with Crippen LogP contribution in [0.1, 0.15) is 49.7 Å². The maximum atomic E-state index is 5.44. The highest BCUT2D eigenvalue weighted by molar-refractivity contribution is 7.80. The van der Waals surface area contributed by atoms with Crippen LogP contribution in [0, 0.1) is 13.8 Å². The van der Waals surface area contributed by atoms with E-state index in [9.17, 15) is 0 Å². The first-order chi connectivity index (χ1) is 9.16. The van der Waals surface area contributed by atoms with Crippen LogP contribution >= 0.6 is 12.2 Å². The van der Waals surface area contributed by atoms with E-state index in [1.165, 1.54) is 49.7 Å². The van der Waals surface area contributed by atoms with Gasteiger partial charge in [0.1, 0.15) is 0 Å². The summed E-state index contributed by atoms with van der Waals surface area (Å²) < 4.78 is 0. The minimum absolute atomic E-state index is 0.549. The molecule has 0 saturated heterocycles. The molecule has 1 fully saturated rings. The van der Waals surface area contributed by atoms with Gasteiger partial charge in [-0.1, -0.05) is 37.8 Å². The molecule has 0 heterocycles. The molecule has 19 heavy (non-hydrogen) atoms. The van der Waals surface area contributed by atoms with Crippen molar-refractivity contribution < 1.29 is 0 Å². The fourth-order valence-corrected chi connectivity index (χ4v) is 2.93. The van der Waals surface area contributed by atoms with Crippen LogP contribution in [-0.4, -0.2) is 11.2 Å². The Bertz CT molecular complexity index is 434. The highest BCUT2D eigenvalue weighted by Crippen LogP contribution is 2.19. The van der Waals surface area contributed by atoms with E-state index in [0.717, 1.165) is 10.8 Å². The molecule has 1 aliphatic rings. The zero-order chi connectivity index (χ0) is 13.7. The molecule has 0 radical (unpaired) electrons. The fraction of sp³-hybridized carbons (Fsp3) is 0.562. The molecule has 0 unspecified atom stereocenters. The van der Waals surface area contributed by atoms with Gasteiger partial charge in [0.2, 0.25) is 0 Å². The lowest BCUT2D eigenvalue weighted by atomic mass is 10.1. The average Bonchev–Trinajstić information content (AvgIpc) is 2.63. The predicted molar refractivity (Wildman–Crippen MR) is 86.8 cm³/mol. The topological polar surface area (TPSA) is 24.1 Å². The smallest absolute Gasteiger partial charge is 0.171 e. The first-order valence-corrected chi connectivity index (χ1v) is 7.71. The first kappa shape index (κ1) is 14.3. The zero-order valence-corrected chi connectivity index (χ0v) is 12.8. The molecule has 0 bridgehead atoms. The van der Waals surface area contributed by atoms with E-state index in [0.29, 0.717) is 6.04 Å². The summed E-state index contributed by atoms with van der Waals surface area (Å²) in [5, 5.41) is 7.58. The summed E-state index contributed by atoms with van der Waals surface area (Å²) in [6.07, 6.45) is 7.88. The van der Waals surface area contributed by atoms with E-state index < -0.39 is 0 Å². The molecular weight excluding hydrogens is 252 g/mol. The van der Waals surface area contributed by atoms with Crippen molar-refractivity contribution in [1.82, 2.24) is 5.32 Å². The Hall–Kier alpha value is -1.09. The number of hydrogen-bond acceptors (Lipinski definition) is 1. The minimum atomic E-state index is 0.549. The summed E-state index contributed by atoms with van der Waals surface area (Å²) in [6, 6.07) is 6.83. The van der Waals surface area contributed by atoms with Gasteiger partial charge >= 0.3 is 0 Å². The number of benzene rings is 1. The van der Waals surface area contributed by atoms with E-state index in [1.54, 1.807) is 0 Å². The van der Waals surface area contributed by atoms with Gasteiger partial charge in [0.05, 0.1) is 0 Å². The second kappa shape index (κ2) is 6.90.